The number of carbonyl (C=O) groups excluding carboxylic acids is 2. The van der Waals surface area contributed by atoms with Crippen molar-refractivity contribution >= 4 is 29.0 Å². The number of carbonyl (C=O) groups is 2. The second kappa shape index (κ2) is 12.8. The zero-order valence-electron chi connectivity index (χ0n) is 23.9. The molecule has 0 radical (unpaired) electrons. The van der Waals surface area contributed by atoms with Crippen LogP contribution >= 0.6 is 0 Å². The average molecular weight is 527 g/mol. The third-order valence-corrected chi connectivity index (χ3v) is 7.45. The first kappa shape index (κ1) is 28.2. The highest BCUT2D eigenvalue weighted by Crippen LogP contribution is 2.33. The summed E-state index contributed by atoms with van der Waals surface area (Å²) in [4.78, 5) is 29.1. The Labute approximate surface area is 233 Å². The quantitative estimate of drug-likeness (QED) is 0.278. The first-order chi connectivity index (χ1) is 18.7. The zero-order chi connectivity index (χ0) is 27.9. The van der Waals surface area contributed by atoms with Crippen molar-refractivity contribution in [3.8, 4) is 0 Å². The molecule has 6 nitrogen and oxygen atoms in total. The maximum absolute atomic E-state index is 13.6. The Balaban J connectivity index is 1.59. The number of anilines is 3. The summed E-state index contributed by atoms with van der Waals surface area (Å²) in [7, 11) is 0. The summed E-state index contributed by atoms with van der Waals surface area (Å²) in [5, 5.41) is 9.25. The first-order valence-electron chi connectivity index (χ1n) is 14.2. The van der Waals surface area contributed by atoms with Gasteiger partial charge in [0.1, 0.15) is 0 Å². The van der Waals surface area contributed by atoms with Crippen LogP contribution in [0.25, 0.3) is 0 Å². The summed E-state index contributed by atoms with van der Waals surface area (Å²) in [6.07, 6.45) is 3.42. The number of hydrogen-bond donors (Lipinski definition) is 3. The van der Waals surface area contributed by atoms with Crippen LogP contribution < -0.4 is 20.9 Å². The van der Waals surface area contributed by atoms with Crippen LogP contribution in [0.2, 0.25) is 0 Å². The van der Waals surface area contributed by atoms with Gasteiger partial charge >= 0.3 is 6.03 Å². The lowest BCUT2D eigenvalue weighted by Crippen LogP contribution is -2.33. The highest BCUT2D eigenvalue weighted by molar-refractivity contribution is 6.04. The van der Waals surface area contributed by atoms with Gasteiger partial charge in [0, 0.05) is 30.2 Å². The minimum Gasteiger partial charge on any atom is -0.371 e. The number of benzene rings is 3. The molecular weight excluding hydrogens is 484 g/mol. The molecule has 3 aromatic carbocycles. The Bertz CT molecular complexity index is 1250. The maximum atomic E-state index is 13.6. The van der Waals surface area contributed by atoms with Gasteiger partial charge in [-0.1, -0.05) is 76.2 Å². The van der Waals surface area contributed by atoms with E-state index in [4.69, 9.17) is 0 Å². The number of rotatable bonds is 8. The van der Waals surface area contributed by atoms with E-state index in [-0.39, 0.29) is 29.8 Å². The van der Waals surface area contributed by atoms with E-state index < -0.39 is 0 Å². The minimum absolute atomic E-state index is 0.144. The SMILES string of the molecule is CC(C)c1cccc(C(C)C)c1NC(=O)Nc1ccc(N2CCCCC2)c(C(=O)NC(C)c2ccccc2)c1. The highest BCUT2D eigenvalue weighted by atomic mass is 16.2. The number of nitrogens with one attached hydrogen (secondary N) is 3. The molecule has 1 atom stereocenters. The molecule has 39 heavy (non-hydrogen) atoms. The average Bonchev–Trinajstić information content (AvgIpc) is 2.93. The Morgan fingerprint density at radius 3 is 2.00 bits per heavy atom. The largest absolute Gasteiger partial charge is 0.371 e. The Morgan fingerprint density at radius 1 is 0.744 bits per heavy atom. The molecule has 6 heteroatoms. The van der Waals surface area contributed by atoms with Crippen LogP contribution in [0, 0.1) is 0 Å². The minimum atomic E-state index is -0.320. The topological polar surface area (TPSA) is 73.5 Å². The van der Waals surface area contributed by atoms with Crippen molar-refractivity contribution < 1.29 is 9.59 Å². The van der Waals surface area contributed by atoms with Gasteiger partial charge in [-0.2, -0.15) is 0 Å². The fourth-order valence-corrected chi connectivity index (χ4v) is 5.28. The number of amides is 3. The van der Waals surface area contributed by atoms with Crippen LogP contribution in [0.3, 0.4) is 0 Å². The Hall–Kier alpha value is -3.80. The molecule has 1 fully saturated rings. The van der Waals surface area contributed by atoms with Crippen molar-refractivity contribution in [2.45, 2.75) is 71.8 Å². The van der Waals surface area contributed by atoms with Gasteiger partial charge in [0.05, 0.1) is 11.6 Å². The number of piperidine rings is 1. The molecule has 3 aromatic rings. The monoisotopic (exact) mass is 526 g/mol. The fourth-order valence-electron chi connectivity index (χ4n) is 5.28. The number of para-hydroxylation sites is 1. The molecule has 0 spiro atoms. The van der Waals surface area contributed by atoms with Gasteiger partial charge in [0.2, 0.25) is 0 Å². The molecule has 1 aliphatic rings. The number of nitrogens with zero attached hydrogens (tertiary/aromatic N) is 1. The van der Waals surface area contributed by atoms with Gasteiger partial charge in [-0.3, -0.25) is 4.79 Å². The molecule has 0 aliphatic carbocycles. The van der Waals surface area contributed by atoms with Crippen LogP contribution in [0.1, 0.15) is 98.8 Å². The summed E-state index contributed by atoms with van der Waals surface area (Å²) in [5.74, 6) is 0.387. The van der Waals surface area contributed by atoms with Crippen molar-refractivity contribution in [1.29, 1.82) is 0 Å². The molecule has 1 aliphatic heterocycles. The fraction of sp³-hybridized carbons (Fsp3) is 0.394. The van der Waals surface area contributed by atoms with E-state index in [1.54, 1.807) is 6.07 Å². The van der Waals surface area contributed by atoms with E-state index >= 15 is 0 Å². The summed E-state index contributed by atoms with van der Waals surface area (Å²) < 4.78 is 0. The van der Waals surface area contributed by atoms with Gasteiger partial charge in [0.15, 0.2) is 0 Å². The van der Waals surface area contributed by atoms with Crippen molar-refractivity contribution in [2.75, 3.05) is 28.6 Å². The molecule has 206 valence electrons. The molecule has 0 bridgehead atoms. The van der Waals surface area contributed by atoms with Crippen LogP contribution in [0.5, 0.6) is 0 Å². The van der Waals surface area contributed by atoms with E-state index in [0.717, 1.165) is 54.0 Å². The second-order valence-corrected chi connectivity index (χ2v) is 11.1. The van der Waals surface area contributed by atoms with Crippen LogP contribution in [-0.2, 0) is 0 Å². The van der Waals surface area contributed by atoms with Crippen LogP contribution in [0.15, 0.2) is 66.7 Å². The molecule has 1 saturated heterocycles. The van der Waals surface area contributed by atoms with Crippen molar-refractivity contribution in [3.63, 3.8) is 0 Å². The van der Waals surface area contributed by atoms with Gasteiger partial charge in [-0.05, 0) is 72.9 Å². The second-order valence-electron chi connectivity index (χ2n) is 11.1. The third-order valence-electron chi connectivity index (χ3n) is 7.45. The third kappa shape index (κ3) is 6.99. The first-order valence-corrected chi connectivity index (χ1v) is 14.2. The number of urea groups is 1. The van der Waals surface area contributed by atoms with Crippen LogP contribution in [0.4, 0.5) is 21.9 Å². The summed E-state index contributed by atoms with van der Waals surface area (Å²) >= 11 is 0. The van der Waals surface area contributed by atoms with E-state index in [0.29, 0.717) is 11.3 Å². The van der Waals surface area contributed by atoms with Gasteiger partial charge in [0.25, 0.3) is 5.91 Å². The van der Waals surface area contributed by atoms with Crippen LogP contribution in [-0.4, -0.2) is 25.0 Å². The molecule has 0 saturated carbocycles. The van der Waals surface area contributed by atoms with Crippen molar-refractivity contribution in [2.24, 2.45) is 0 Å². The van der Waals surface area contributed by atoms with Gasteiger partial charge in [-0.25, -0.2) is 4.79 Å². The maximum Gasteiger partial charge on any atom is 0.323 e. The van der Waals surface area contributed by atoms with E-state index in [2.05, 4.69) is 60.7 Å². The summed E-state index contributed by atoms with van der Waals surface area (Å²) in [6.45, 7) is 12.3. The predicted octanol–water partition coefficient (Wildman–Crippen LogP) is 8.06. The highest BCUT2D eigenvalue weighted by Gasteiger charge is 2.22. The molecule has 3 N–H and O–H groups in total. The molecule has 3 amide bonds. The summed E-state index contributed by atoms with van der Waals surface area (Å²) in [6, 6.07) is 21.3. The van der Waals surface area contributed by atoms with Crippen molar-refractivity contribution in [3.05, 3.63) is 89.0 Å². The standard InChI is InChI=1S/C33H42N4O2/c1-22(2)27-15-12-16-28(23(3)4)31(27)36-33(39)35-26-17-18-30(37-19-10-7-11-20-37)29(21-26)32(38)34-24(5)25-13-8-6-9-14-25/h6,8-9,12-18,21-24H,7,10-11,19-20H2,1-5H3,(H,34,38)(H2,35,36,39). The molecule has 0 aromatic heterocycles. The van der Waals surface area contributed by atoms with E-state index in [1.807, 2.05) is 55.5 Å². The van der Waals surface area contributed by atoms with E-state index in [1.165, 1.54) is 6.42 Å². The lowest BCUT2D eigenvalue weighted by atomic mass is 9.93. The zero-order valence-corrected chi connectivity index (χ0v) is 23.9. The summed E-state index contributed by atoms with van der Waals surface area (Å²) in [5.41, 5.74) is 6.18. The Morgan fingerprint density at radius 2 is 1.38 bits per heavy atom. The predicted molar refractivity (Wildman–Crippen MR) is 162 cm³/mol. The van der Waals surface area contributed by atoms with Gasteiger partial charge < -0.3 is 20.9 Å². The van der Waals surface area contributed by atoms with Gasteiger partial charge in [-0.15, -0.1) is 0 Å². The van der Waals surface area contributed by atoms with E-state index in [9.17, 15) is 9.59 Å². The molecule has 1 heterocycles. The normalized spacial score (nSPS) is 14.3. The smallest absolute Gasteiger partial charge is 0.323 e. The molecule has 4 rings (SSSR count). The molecule has 1 unspecified atom stereocenters. The lowest BCUT2D eigenvalue weighted by Gasteiger charge is -2.31. The lowest BCUT2D eigenvalue weighted by molar-refractivity contribution is 0.0940. The molecular formula is C33H42N4O2. The van der Waals surface area contributed by atoms with Crippen molar-refractivity contribution in [1.82, 2.24) is 5.32 Å². The Kier molecular flexibility index (Phi) is 9.28. The number of hydrogen-bond acceptors (Lipinski definition) is 3.